The maximum Gasteiger partial charge on any atom is 0.246 e. The Morgan fingerprint density at radius 1 is 1.36 bits per heavy atom. The Kier molecular flexibility index (Phi) is 2.87. The van der Waals surface area contributed by atoms with E-state index in [0.29, 0.717) is 6.04 Å². The van der Waals surface area contributed by atoms with E-state index in [0.717, 1.165) is 19.6 Å². The lowest BCUT2D eigenvalue weighted by Gasteiger charge is -2.37. The summed E-state index contributed by atoms with van der Waals surface area (Å²) in [7, 11) is 0. The minimum atomic E-state index is 0.180. The summed E-state index contributed by atoms with van der Waals surface area (Å²) >= 11 is 0. The third-order valence-corrected chi connectivity index (χ3v) is 3.21. The van der Waals surface area contributed by atoms with E-state index >= 15 is 0 Å². The summed E-state index contributed by atoms with van der Waals surface area (Å²) in [5.74, 6) is 0.180. The maximum absolute atomic E-state index is 11.6. The van der Waals surface area contributed by atoms with E-state index in [-0.39, 0.29) is 5.91 Å². The molecule has 2 saturated heterocycles. The van der Waals surface area contributed by atoms with E-state index in [1.807, 2.05) is 17.9 Å². The fraction of sp³-hybridized carbons (Fsp3) is 0.727. The molecule has 78 valence electrons. The predicted octanol–water partition coefficient (Wildman–Crippen LogP) is 0.869. The molecule has 0 aromatic heterocycles. The molecule has 1 amide bonds. The Balaban J connectivity index is 1.94. The second-order valence-corrected chi connectivity index (χ2v) is 4.12. The first-order chi connectivity index (χ1) is 6.81. The zero-order chi connectivity index (χ0) is 9.97. The first kappa shape index (κ1) is 9.71. The highest BCUT2D eigenvalue weighted by Crippen LogP contribution is 2.21. The number of rotatable bonds is 1. The SMILES string of the molecule is CC=CC(=O)N1CCN2CCCC2C1. The summed E-state index contributed by atoms with van der Waals surface area (Å²) in [4.78, 5) is 16.1. The van der Waals surface area contributed by atoms with Gasteiger partial charge in [0.2, 0.25) is 5.91 Å². The quantitative estimate of drug-likeness (QED) is 0.578. The van der Waals surface area contributed by atoms with Gasteiger partial charge in [-0.1, -0.05) is 6.08 Å². The van der Waals surface area contributed by atoms with Crippen LogP contribution in [0.25, 0.3) is 0 Å². The van der Waals surface area contributed by atoms with E-state index < -0.39 is 0 Å². The van der Waals surface area contributed by atoms with E-state index in [1.165, 1.54) is 19.4 Å². The van der Waals surface area contributed by atoms with Crippen LogP contribution >= 0.6 is 0 Å². The minimum absolute atomic E-state index is 0.180. The van der Waals surface area contributed by atoms with Gasteiger partial charge < -0.3 is 4.90 Å². The molecule has 0 aliphatic carbocycles. The summed E-state index contributed by atoms with van der Waals surface area (Å²) in [5.41, 5.74) is 0. The highest BCUT2D eigenvalue weighted by Gasteiger charge is 2.31. The lowest BCUT2D eigenvalue weighted by atomic mass is 10.1. The molecule has 14 heavy (non-hydrogen) atoms. The molecule has 2 fully saturated rings. The maximum atomic E-state index is 11.6. The van der Waals surface area contributed by atoms with Crippen molar-refractivity contribution in [3.63, 3.8) is 0 Å². The fourth-order valence-corrected chi connectivity index (χ4v) is 2.44. The smallest absolute Gasteiger partial charge is 0.246 e. The van der Waals surface area contributed by atoms with E-state index in [4.69, 9.17) is 0 Å². The molecule has 3 nitrogen and oxygen atoms in total. The average molecular weight is 194 g/mol. The Morgan fingerprint density at radius 2 is 2.21 bits per heavy atom. The Morgan fingerprint density at radius 3 is 3.00 bits per heavy atom. The van der Waals surface area contributed by atoms with Gasteiger partial charge in [0.15, 0.2) is 0 Å². The molecule has 2 aliphatic rings. The summed E-state index contributed by atoms with van der Waals surface area (Å²) in [6.07, 6.45) is 6.06. The van der Waals surface area contributed by atoms with Crippen LogP contribution in [0.1, 0.15) is 19.8 Å². The van der Waals surface area contributed by atoms with Gasteiger partial charge in [-0.3, -0.25) is 9.69 Å². The molecule has 2 rings (SSSR count). The highest BCUT2D eigenvalue weighted by atomic mass is 16.2. The summed E-state index contributed by atoms with van der Waals surface area (Å²) in [6, 6.07) is 0.637. The first-order valence-corrected chi connectivity index (χ1v) is 5.47. The molecule has 0 N–H and O–H groups in total. The number of amides is 1. The van der Waals surface area contributed by atoms with E-state index in [2.05, 4.69) is 4.90 Å². The van der Waals surface area contributed by atoms with Crippen molar-refractivity contribution in [2.24, 2.45) is 0 Å². The third kappa shape index (κ3) is 1.82. The third-order valence-electron chi connectivity index (χ3n) is 3.21. The van der Waals surface area contributed by atoms with Crippen LogP contribution in [-0.4, -0.2) is 47.9 Å². The van der Waals surface area contributed by atoms with Crippen LogP contribution in [0, 0.1) is 0 Å². The van der Waals surface area contributed by atoms with Crippen molar-refractivity contribution < 1.29 is 4.79 Å². The van der Waals surface area contributed by atoms with Crippen molar-refractivity contribution in [3.05, 3.63) is 12.2 Å². The van der Waals surface area contributed by atoms with Crippen LogP contribution < -0.4 is 0 Å². The molecule has 0 aromatic rings. The van der Waals surface area contributed by atoms with Gasteiger partial charge >= 0.3 is 0 Å². The molecule has 2 heterocycles. The van der Waals surface area contributed by atoms with Crippen LogP contribution in [0.5, 0.6) is 0 Å². The van der Waals surface area contributed by atoms with E-state index in [9.17, 15) is 4.79 Å². The van der Waals surface area contributed by atoms with Crippen molar-refractivity contribution in [3.8, 4) is 0 Å². The van der Waals surface area contributed by atoms with Crippen molar-refractivity contribution >= 4 is 5.91 Å². The Hall–Kier alpha value is -0.830. The van der Waals surface area contributed by atoms with Gasteiger partial charge in [0.05, 0.1) is 0 Å². The van der Waals surface area contributed by atoms with Crippen LogP contribution in [-0.2, 0) is 4.79 Å². The molecule has 0 aromatic carbocycles. The van der Waals surface area contributed by atoms with Gasteiger partial charge in [-0.15, -0.1) is 0 Å². The molecular weight excluding hydrogens is 176 g/mol. The monoisotopic (exact) mass is 194 g/mol. The zero-order valence-corrected chi connectivity index (χ0v) is 8.78. The number of allylic oxidation sites excluding steroid dienone is 1. The topological polar surface area (TPSA) is 23.6 Å². The number of hydrogen-bond donors (Lipinski definition) is 0. The van der Waals surface area contributed by atoms with Crippen LogP contribution in [0.4, 0.5) is 0 Å². The lowest BCUT2D eigenvalue weighted by molar-refractivity contribution is -0.128. The normalized spacial score (nSPS) is 28.4. The zero-order valence-electron chi connectivity index (χ0n) is 8.78. The van der Waals surface area contributed by atoms with Crippen LogP contribution in [0.15, 0.2) is 12.2 Å². The number of piperazine rings is 1. The molecule has 0 bridgehead atoms. The average Bonchev–Trinajstić information content (AvgIpc) is 2.64. The largest absolute Gasteiger partial charge is 0.336 e. The van der Waals surface area contributed by atoms with Crippen LogP contribution in [0.3, 0.4) is 0 Å². The van der Waals surface area contributed by atoms with Crippen molar-refractivity contribution in [1.82, 2.24) is 9.80 Å². The molecular formula is C11H18N2O. The Labute approximate surface area is 85.4 Å². The van der Waals surface area contributed by atoms with Gasteiger partial charge in [-0.2, -0.15) is 0 Å². The van der Waals surface area contributed by atoms with Crippen molar-refractivity contribution in [2.75, 3.05) is 26.2 Å². The number of hydrogen-bond acceptors (Lipinski definition) is 2. The van der Waals surface area contributed by atoms with Gasteiger partial charge in [0.1, 0.15) is 0 Å². The lowest BCUT2D eigenvalue weighted by Crippen LogP contribution is -2.51. The van der Waals surface area contributed by atoms with Gasteiger partial charge in [0.25, 0.3) is 0 Å². The van der Waals surface area contributed by atoms with Crippen LogP contribution in [0.2, 0.25) is 0 Å². The standard InChI is InChI=1S/C11H18N2O/c1-2-4-11(14)13-8-7-12-6-3-5-10(12)9-13/h2,4,10H,3,5-9H2,1H3. The van der Waals surface area contributed by atoms with Gasteiger partial charge in [-0.25, -0.2) is 0 Å². The second kappa shape index (κ2) is 4.13. The Bertz CT molecular complexity index is 250. The predicted molar refractivity (Wildman–Crippen MR) is 56.0 cm³/mol. The first-order valence-electron chi connectivity index (χ1n) is 5.47. The summed E-state index contributed by atoms with van der Waals surface area (Å²) < 4.78 is 0. The number of carbonyl (C=O) groups excluding carboxylic acids is 1. The summed E-state index contributed by atoms with van der Waals surface area (Å²) in [5, 5.41) is 0. The number of fused-ring (bicyclic) bond motifs is 1. The molecule has 1 unspecified atom stereocenters. The fourth-order valence-electron chi connectivity index (χ4n) is 2.44. The molecule has 0 radical (unpaired) electrons. The molecule has 1 atom stereocenters. The minimum Gasteiger partial charge on any atom is -0.336 e. The molecule has 0 spiro atoms. The van der Waals surface area contributed by atoms with Crippen molar-refractivity contribution in [2.45, 2.75) is 25.8 Å². The van der Waals surface area contributed by atoms with Gasteiger partial charge in [0, 0.05) is 25.7 Å². The molecule has 3 heteroatoms. The van der Waals surface area contributed by atoms with E-state index in [1.54, 1.807) is 6.08 Å². The highest BCUT2D eigenvalue weighted by molar-refractivity contribution is 5.87. The summed E-state index contributed by atoms with van der Waals surface area (Å²) in [6.45, 7) is 6.02. The molecule has 0 saturated carbocycles. The van der Waals surface area contributed by atoms with Crippen molar-refractivity contribution in [1.29, 1.82) is 0 Å². The number of nitrogens with zero attached hydrogens (tertiary/aromatic N) is 2. The number of carbonyl (C=O) groups is 1. The van der Waals surface area contributed by atoms with Gasteiger partial charge in [-0.05, 0) is 32.4 Å². The molecule has 2 aliphatic heterocycles. The second-order valence-electron chi connectivity index (χ2n) is 4.12.